The molecule has 0 aromatic heterocycles. The minimum Gasteiger partial charge on any atom is -0.348 e. The van der Waals surface area contributed by atoms with Crippen LogP contribution in [0, 0.1) is 6.92 Å². The van der Waals surface area contributed by atoms with Crippen molar-refractivity contribution in [1.29, 1.82) is 0 Å². The van der Waals surface area contributed by atoms with E-state index in [1.165, 1.54) is 17.5 Å². The van der Waals surface area contributed by atoms with Gasteiger partial charge < -0.3 is 10.6 Å². The number of nitrogens with one attached hydrogen (secondary N) is 2. The average molecular weight is 246 g/mol. The van der Waals surface area contributed by atoms with Gasteiger partial charge in [0.1, 0.15) is 0 Å². The summed E-state index contributed by atoms with van der Waals surface area (Å²) in [7, 11) is 0. The molecule has 2 N–H and O–H groups in total. The van der Waals surface area contributed by atoms with E-state index in [1.54, 1.807) is 0 Å². The molecule has 1 aliphatic rings. The number of aryl methyl sites for hydroxylation is 1. The summed E-state index contributed by atoms with van der Waals surface area (Å²) < 4.78 is 0. The second-order valence-corrected chi connectivity index (χ2v) is 5.09. The van der Waals surface area contributed by atoms with E-state index in [0.717, 1.165) is 19.4 Å². The summed E-state index contributed by atoms with van der Waals surface area (Å²) in [5, 5.41) is 6.38. The predicted octanol–water partition coefficient (Wildman–Crippen LogP) is 2.31. The summed E-state index contributed by atoms with van der Waals surface area (Å²) in [6.45, 7) is 5.08. The molecule has 1 amide bonds. The van der Waals surface area contributed by atoms with Gasteiger partial charge >= 0.3 is 0 Å². The highest BCUT2D eigenvalue weighted by Crippen LogP contribution is 2.17. The minimum atomic E-state index is -0.00906. The predicted molar refractivity (Wildman–Crippen MR) is 73.4 cm³/mol. The third kappa shape index (κ3) is 3.10. The number of hydrogen-bond donors (Lipinski definition) is 2. The molecular formula is C15H22N2O. The number of benzene rings is 1. The second-order valence-electron chi connectivity index (χ2n) is 5.09. The lowest BCUT2D eigenvalue weighted by Gasteiger charge is -2.25. The fourth-order valence-corrected chi connectivity index (χ4v) is 2.54. The summed E-state index contributed by atoms with van der Waals surface area (Å²) in [5.74, 6) is 0.130. The van der Waals surface area contributed by atoms with E-state index < -0.39 is 0 Å². The number of hydrogen-bond acceptors (Lipinski definition) is 2. The topological polar surface area (TPSA) is 41.1 Å². The molecule has 3 nitrogen and oxygen atoms in total. The van der Waals surface area contributed by atoms with Crippen LogP contribution in [0.4, 0.5) is 0 Å². The third-order valence-electron chi connectivity index (χ3n) is 3.64. The fourth-order valence-electron chi connectivity index (χ4n) is 2.54. The molecule has 2 rings (SSSR count). The van der Waals surface area contributed by atoms with E-state index in [2.05, 4.69) is 29.7 Å². The van der Waals surface area contributed by atoms with Crippen molar-refractivity contribution in [1.82, 2.24) is 10.6 Å². The van der Waals surface area contributed by atoms with Gasteiger partial charge in [0.05, 0.1) is 12.1 Å². The van der Waals surface area contributed by atoms with Crippen LogP contribution >= 0.6 is 0 Å². The highest BCUT2D eigenvalue weighted by Gasteiger charge is 2.22. The largest absolute Gasteiger partial charge is 0.348 e. The zero-order valence-electron chi connectivity index (χ0n) is 11.2. The highest BCUT2D eigenvalue weighted by molar-refractivity contribution is 5.82. The average Bonchev–Trinajstić information content (AvgIpc) is 2.40. The van der Waals surface area contributed by atoms with Crippen LogP contribution in [0.2, 0.25) is 0 Å². The molecule has 98 valence electrons. The van der Waals surface area contributed by atoms with Crippen molar-refractivity contribution >= 4 is 5.91 Å². The molecule has 1 heterocycles. The Hall–Kier alpha value is -1.35. The highest BCUT2D eigenvalue weighted by atomic mass is 16.2. The molecule has 1 fully saturated rings. The van der Waals surface area contributed by atoms with Gasteiger partial charge in [-0.15, -0.1) is 0 Å². The Morgan fingerprint density at radius 3 is 2.83 bits per heavy atom. The number of carbonyl (C=O) groups excluding carboxylic acids is 1. The van der Waals surface area contributed by atoms with Crippen molar-refractivity contribution in [2.75, 3.05) is 6.54 Å². The Morgan fingerprint density at radius 2 is 2.17 bits per heavy atom. The van der Waals surface area contributed by atoms with Gasteiger partial charge in [0, 0.05) is 0 Å². The lowest BCUT2D eigenvalue weighted by molar-refractivity contribution is -0.124. The Morgan fingerprint density at radius 1 is 1.39 bits per heavy atom. The molecule has 1 aliphatic heterocycles. The molecular weight excluding hydrogens is 224 g/mol. The molecule has 0 unspecified atom stereocenters. The van der Waals surface area contributed by atoms with E-state index in [9.17, 15) is 4.79 Å². The van der Waals surface area contributed by atoms with Crippen LogP contribution in [0.15, 0.2) is 24.3 Å². The van der Waals surface area contributed by atoms with E-state index >= 15 is 0 Å². The molecule has 18 heavy (non-hydrogen) atoms. The molecule has 0 radical (unpaired) electrons. The Kier molecular flexibility index (Phi) is 4.37. The first-order valence-electron chi connectivity index (χ1n) is 6.78. The molecule has 3 heteroatoms. The normalized spacial score (nSPS) is 21.3. The van der Waals surface area contributed by atoms with E-state index in [0.29, 0.717) is 0 Å². The van der Waals surface area contributed by atoms with E-state index in [4.69, 9.17) is 0 Å². The first-order chi connectivity index (χ1) is 8.68. The molecule has 0 spiro atoms. The van der Waals surface area contributed by atoms with Gasteiger partial charge in [-0.1, -0.05) is 30.7 Å². The van der Waals surface area contributed by atoms with Crippen LogP contribution in [-0.4, -0.2) is 18.5 Å². The Labute approximate surface area is 109 Å². The molecule has 0 bridgehead atoms. The molecule has 1 saturated heterocycles. The zero-order chi connectivity index (χ0) is 13.0. The molecule has 2 atom stereocenters. The van der Waals surface area contributed by atoms with Gasteiger partial charge in [-0.3, -0.25) is 4.79 Å². The molecule has 1 aromatic carbocycles. The van der Waals surface area contributed by atoms with Crippen molar-refractivity contribution in [3.05, 3.63) is 35.4 Å². The van der Waals surface area contributed by atoms with Gasteiger partial charge in [0.25, 0.3) is 0 Å². The molecule has 0 aliphatic carbocycles. The van der Waals surface area contributed by atoms with Gasteiger partial charge in [-0.25, -0.2) is 0 Å². The number of piperidine rings is 1. The summed E-state index contributed by atoms with van der Waals surface area (Å²) in [5.41, 5.74) is 2.42. The monoisotopic (exact) mass is 246 g/mol. The van der Waals surface area contributed by atoms with E-state index in [-0.39, 0.29) is 18.0 Å². The SMILES string of the molecule is Cc1ccccc1[C@H](C)NC(=O)[C@@H]1CCCCN1. The summed E-state index contributed by atoms with van der Waals surface area (Å²) >= 11 is 0. The van der Waals surface area contributed by atoms with Crippen molar-refractivity contribution in [2.24, 2.45) is 0 Å². The van der Waals surface area contributed by atoms with Crippen LogP contribution in [0.5, 0.6) is 0 Å². The van der Waals surface area contributed by atoms with Crippen molar-refractivity contribution in [2.45, 2.75) is 45.2 Å². The van der Waals surface area contributed by atoms with Gasteiger partial charge in [0.15, 0.2) is 0 Å². The maximum atomic E-state index is 12.1. The lowest BCUT2D eigenvalue weighted by atomic mass is 10.0. The molecule has 1 aromatic rings. The number of carbonyl (C=O) groups is 1. The van der Waals surface area contributed by atoms with Crippen LogP contribution < -0.4 is 10.6 Å². The second kappa shape index (κ2) is 6.01. The number of rotatable bonds is 3. The third-order valence-corrected chi connectivity index (χ3v) is 3.64. The van der Waals surface area contributed by atoms with Crippen LogP contribution in [0.25, 0.3) is 0 Å². The van der Waals surface area contributed by atoms with Crippen LogP contribution in [0.3, 0.4) is 0 Å². The van der Waals surface area contributed by atoms with Crippen molar-refractivity contribution in [3.8, 4) is 0 Å². The fraction of sp³-hybridized carbons (Fsp3) is 0.533. The quantitative estimate of drug-likeness (QED) is 0.859. The Bertz CT molecular complexity index is 411. The summed E-state index contributed by atoms with van der Waals surface area (Å²) in [6, 6.07) is 8.26. The van der Waals surface area contributed by atoms with Gasteiger partial charge in [-0.05, 0) is 44.4 Å². The van der Waals surface area contributed by atoms with Crippen molar-refractivity contribution in [3.63, 3.8) is 0 Å². The zero-order valence-corrected chi connectivity index (χ0v) is 11.2. The summed E-state index contributed by atoms with van der Waals surface area (Å²) in [6.07, 6.45) is 3.27. The van der Waals surface area contributed by atoms with Gasteiger partial charge in [-0.2, -0.15) is 0 Å². The molecule has 0 saturated carbocycles. The van der Waals surface area contributed by atoms with Gasteiger partial charge in [0.2, 0.25) is 5.91 Å². The van der Waals surface area contributed by atoms with Crippen LogP contribution in [-0.2, 0) is 4.79 Å². The minimum absolute atomic E-state index is 0.00906. The standard InChI is InChI=1S/C15H22N2O/c1-11-7-3-4-8-13(11)12(2)17-15(18)14-9-5-6-10-16-14/h3-4,7-8,12,14,16H,5-6,9-10H2,1-2H3,(H,17,18)/t12-,14-/m0/s1. The maximum Gasteiger partial charge on any atom is 0.237 e. The first kappa shape index (κ1) is 13.1. The maximum absolute atomic E-state index is 12.1. The van der Waals surface area contributed by atoms with Crippen LogP contribution in [0.1, 0.15) is 43.4 Å². The smallest absolute Gasteiger partial charge is 0.237 e. The number of amides is 1. The van der Waals surface area contributed by atoms with E-state index in [1.807, 2.05) is 19.1 Å². The lowest BCUT2D eigenvalue weighted by Crippen LogP contribution is -2.47. The first-order valence-corrected chi connectivity index (χ1v) is 6.78. The Balaban J connectivity index is 1.96. The summed E-state index contributed by atoms with van der Waals surface area (Å²) in [4.78, 5) is 12.1. The van der Waals surface area contributed by atoms with Crippen molar-refractivity contribution < 1.29 is 4.79 Å².